The summed E-state index contributed by atoms with van der Waals surface area (Å²) in [4.78, 5) is 10.6. The fraction of sp³-hybridized carbons (Fsp3) is 0.182. The van der Waals surface area contributed by atoms with Crippen LogP contribution < -0.4 is 5.73 Å². The molecule has 1 aliphatic rings. The van der Waals surface area contributed by atoms with E-state index in [1.54, 1.807) is 0 Å². The first-order chi connectivity index (χ1) is 7.49. The monoisotopic (exact) mass is 287 g/mol. The summed E-state index contributed by atoms with van der Waals surface area (Å²) in [5.74, 6) is -1.88. The van der Waals surface area contributed by atoms with Crippen molar-refractivity contribution in [1.82, 2.24) is 0 Å². The molecule has 1 aromatic rings. The molecule has 0 saturated heterocycles. The van der Waals surface area contributed by atoms with E-state index in [0.717, 1.165) is 6.07 Å². The lowest BCUT2D eigenvalue weighted by Crippen LogP contribution is -2.08. The van der Waals surface area contributed by atoms with Gasteiger partial charge in [0.1, 0.15) is 11.6 Å². The van der Waals surface area contributed by atoms with Gasteiger partial charge in [-0.1, -0.05) is 15.9 Å². The number of rotatable bonds is 1. The van der Waals surface area contributed by atoms with Gasteiger partial charge in [0.2, 0.25) is 5.91 Å². The van der Waals surface area contributed by atoms with Crippen LogP contribution in [0.25, 0.3) is 5.57 Å². The van der Waals surface area contributed by atoms with Gasteiger partial charge in [-0.3, -0.25) is 4.79 Å². The largest absolute Gasteiger partial charge is 0.366 e. The molecule has 0 radical (unpaired) electrons. The summed E-state index contributed by atoms with van der Waals surface area (Å²) in [6.45, 7) is 0. The lowest BCUT2D eigenvalue weighted by atomic mass is 10.1. The van der Waals surface area contributed by atoms with Gasteiger partial charge < -0.3 is 5.73 Å². The Morgan fingerprint density at radius 1 is 1.50 bits per heavy atom. The lowest BCUT2D eigenvalue weighted by molar-refractivity contribution is -0.113. The number of carbonyl (C=O) groups is 1. The number of alkyl halides is 1. The average molecular weight is 288 g/mol. The molecule has 1 aliphatic carbocycles. The summed E-state index contributed by atoms with van der Waals surface area (Å²) in [5, 5.41) is 0. The van der Waals surface area contributed by atoms with Crippen LogP contribution in [0.4, 0.5) is 8.78 Å². The quantitative estimate of drug-likeness (QED) is 0.624. The molecule has 84 valence electrons. The first kappa shape index (κ1) is 11.3. The minimum Gasteiger partial charge on any atom is -0.366 e. The van der Waals surface area contributed by atoms with Gasteiger partial charge in [0, 0.05) is 17.0 Å². The standard InChI is InChI=1S/C11H8BrF2NO/c12-9-3-8-6(7(9)4-11(15)16)1-5(13)2-10(8)14/h1-2,4,9H,3H2,(H2,15,16)/b7-4-. The van der Waals surface area contributed by atoms with Gasteiger partial charge in [-0.05, 0) is 29.2 Å². The summed E-state index contributed by atoms with van der Waals surface area (Å²) in [7, 11) is 0. The van der Waals surface area contributed by atoms with Crippen LogP contribution in [-0.2, 0) is 11.2 Å². The summed E-state index contributed by atoms with van der Waals surface area (Å²) in [6.07, 6.45) is 1.59. The Kier molecular flexibility index (Phi) is 2.80. The third kappa shape index (κ3) is 1.87. The molecule has 1 aromatic carbocycles. The normalized spacial score (nSPS) is 21.2. The molecule has 16 heavy (non-hydrogen) atoms. The van der Waals surface area contributed by atoms with E-state index in [1.807, 2.05) is 0 Å². The molecule has 0 aliphatic heterocycles. The molecule has 5 heteroatoms. The molecule has 2 rings (SSSR count). The highest BCUT2D eigenvalue weighted by atomic mass is 79.9. The molecule has 0 spiro atoms. The Labute approximate surface area is 99.3 Å². The van der Waals surface area contributed by atoms with E-state index in [1.165, 1.54) is 12.1 Å². The summed E-state index contributed by atoms with van der Waals surface area (Å²) >= 11 is 3.31. The van der Waals surface area contributed by atoms with Crippen LogP contribution in [0, 0.1) is 11.6 Å². The maximum absolute atomic E-state index is 13.4. The van der Waals surface area contributed by atoms with Crippen molar-refractivity contribution in [2.75, 3.05) is 0 Å². The molecule has 2 N–H and O–H groups in total. The maximum Gasteiger partial charge on any atom is 0.241 e. The lowest BCUT2D eigenvalue weighted by Gasteiger charge is -2.03. The van der Waals surface area contributed by atoms with Crippen LogP contribution in [0.5, 0.6) is 0 Å². The average Bonchev–Trinajstić information content (AvgIpc) is 2.45. The molecular formula is C11H8BrF2NO. The summed E-state index contributed by atoms with van der Waals surface area (Å²) in [6, 6.07) is 2.06. The Balaban J connectivity index is 2.61. The van der Waals surface area contributed by atoms with E-state index in [4.69, 9.17) is 5.73 Å². The van der Waals surface area contributed by atoms with Crippen molar-refractivity contribution >= 4 is 27.4 Å². The van der Waals surface area contributed by atoms with Gasteiger partial charge in [-0.2, -0.15) is 0 Å². The van der Waals surface area contributed by atoms with E-state index >= 15 is 0 Å². The number of allylic oxidation sites excluding steroid dienone is 1. The predicted molar refractivity (Wildman–Crippen MR) is 59.9 cm³/mol. The molecule has 1 unspecified atom stereocenters. The number of primary amides is 1. The zero-order valence-corrected chi connectivity index (χ0v) is 9.72. The molecule has 2 nitrogen and oxygen atoms in total. The van der Waals surface area contributed by atoms with Crippen molar-refractivity contribution in [3.63, 3.8) is 0 Å². The van der Waals surface area contributed by atoms with E-state index < -0.39 is 17.5 Å². The van der Waals surface area contributed by atoms with Gasteiger partial charge >= 0.3 is 0 Å². The van der Waals surface area contributed by atoms with Crippen LogP contribution in [0.3, 0.4) is 0 Å². The number of halogens is 3. The molecule has 0 saturated carbocycles. The van der Waals surface area contributed by atoms with Crippen molar-refractivity contribution in [2.45, 2.75) is 11.2 Å². The third-order valence-electron chi connectivity index (χ3n) is 2.49. The molecule has 1 amide bonds. The fourth-order valence-electron chi connectivity index (χ4n) is 1.85. The van der Waals surface area contributed by atoms with Crippen LogP contribution in [0.2, 0.25) is 0 Å². The second-order valence-electron chi connectivity index (χ2n) is 3.59. The van der Waals surface area contributed by atoms with Gasteiger partial charge in [0.15, 0.2) is 0 Å². The smallest absolute Gasteiger partial charge is 0.241 e. The zero-order chi connectivity index (χ0) is 11.9. The number of benzene rings is 1. The van der Waals surface area contributed by atoms with Crippen molar-refractivity contribution < 1.29 is 13.6 Å². The molecule has 1 atom stereocenters. The van der Waals surface area contributed by atoms with Crippen molar-refractivity contribution in [3.05, 3.63) is 41.0 Å². The number of hydrogen-bond acceptors (Lipinski definition) is 1. The fourth-order valence-corrected chi connectivity index (χ4v) is 2.55. The number of hydrogen-bond donors (Lipinski definition) is 1. The first-order valence-corrected chi connectivity index (χ1v) is 5.54. The van der Waals surface area contributed by atoms with E-state index in [2.05, 4.69) is 15.9 Å². The molecule has 0 fully saturated rings. The number of fused-ring (bicyclic) bond motifs is 1. The van der Waals surface area contributed by atoms with E-state index in [0.29, 0.717) is 23.1 Å². The van der Waals surface area contributed by atoms with Gasteiger partial charge in [-0.25, -0.2) is 8.78 Å². The molecular weight excluding hydrogens is 280 g/mol. The second kappa shape index (κ2) is 3.97. The van der Waals surface area contributed by atoms with Gasteiger partial charge in [0.25, 0.3) is 0 Å². The first-order valence-electron chi connectivity index (χ1n) is 4.62. The van der Waals surface area contributed by atoms with Crippen LogP contribution in [-0.4, -0.2) is 10.7 Å². The van der Waals surface area contributed by atoms with Gasteiger partial charge in [-0.15, -0.1) is 0 Å². The number of carbonyl (C=O) groups excluding carboxylic acids is 1. The highest BCUT2D eigenvalue weighted by molar-refractivity contribution is 9.09. The molecule has 0 heterocycles. The minimum atomic E-state index is -0.659. The van der Waals surface area contributed by atoms with Crippen LogP contribution in [0.1, 0.15) is 11.1 Å². The van der Waals surface area contributed by atoms with Crippen molar-refractivity contribution in [1.29, 1.82) is 0 Å². The van der Waals surface area contributed by atoms with Crippen LogP contribution >= 0.6 is 15.9 Å². The predicted octanol–water partition coefficient (Wildman–Crippen LogP) is 2.15. The van der Waals surface area contributed by atoms with E-state index in [-0.39, 0.29) is 4.83 Å². The van der Waals surface area contributed by atoms with E-state index in [9.17, 15) is 13.6 Å². The summed E-state index contributed by atoms with van der Waals surface area (Å²) < 4.78 is 26.5. The van der Waals surface area contributed by atoms with Gasteiger partial charge in [0.05, 0.1) is 0 Å². The number of nitrogens with two attached hydrogens (primary N) is 1. The molecule has 0 aromatic heterocycles. The summed E-state index contributed by atoms with van der Waals surface area (Å²) in [5.41, 5.74) is 6.40. The zero-order valence-electron chi connectivity index (χ0n) is 8.14. The second-order valence-corrected chi connectivity index (χ2v) is 4.69. The molecule has 0 bridgehead atoms. The third-order valence-corrected chi connectivity index (χ3v) is 3.31. The van der Waals surface area contributed by atoms with Crippen LogP contribution in [0.15, 0.2) is 18.2 Å². The van der Waals surface area contributed by atoms with Crippen molar-refractivity contribution in [2.24, 2.45) is 5.73 Å². The minimum absolute atomic E-state index is 0.203. The topological polar surface area (TPSA) is 43.1 Å². The highest BCUT2D eigenvalue weighted by Gasteiger charge is 2.28. The highest BCUT2D eigenvalue weighted by Crippen LogP contribution is 2.38. The Bertz CT molecular complexity index is 499. The maximum atomic E-state index is 13.4. The Morgan fingerprint density at radius 2 is 2.19 bits per heavy atom. The SMILES string of the molecule is NC(=O)/C=C1/c2cc(F)cc(F)c2CC1Br. The van der Waals surface area contributed by atoms with Crippen molar-refractivity contribution in [3.8, 4) is 0 Å². The number of amides is 1. The Morgan fingerprint density at radius 3 is 2.81 bits per heavy atom. The Hall–Kier alpha value is -1.23.